The van der Waals surface area contributed by atoms with Crippen LogP contribution in [-0.2, 0) is 4.79 Å². The fourth-order valence-electron chi connectivity index (χ4n) is 1.99. The van der Waals surface area contributed by atoms with Gasteiger partial charge in [0.05, 0.1) is 6.04 Å². The van der Waals surface area contributed by atoms with Gasteiger partial charge in [-0.25, -0.2) is 0 Å². The summed E-state index contributed by atoms with van der Waals surface area (Å²) in [4.78, 5) is 11.5. The second-order valence-electron chi connectivity index (χ2n) is 4.36. The van der Waals surface area contributed by atoms with Crippen LogP contribution in [0.1, 0.15) is 24.1 Å². The number of aromatic hydroxyl groups is 1. The largest absolute Gasteiger partial charge is 0.508 e. The molecule has 0 fully saturated rings. The summed E-state index contributed by atoms with van der Waals surface area (Å²) in [6, 6.07) is 12.3. The zero-order valence-corrected chi connectivity index (χ0v) is 13.9. The van der Waals surface area contributed by atoms with Crippen LogP contribution in [-0.4, -0.2) is 11.0 Å². The third-order valence-corrected chi connectivity index (χ3v) is 4.08. The Kier molecular flexibility index (Phi) is 4.83. The van der Waals surface area contributed by atoms with Gasteiger partial charge in [0, 0.05) is 21.4 Å². The van der Waals surface area contributed by atoms with Crippen LogP contribution in [0.25, 0.3) is 0 Å². The summed E-state index contributed by atoms with van der Waals surface area (Å²) in [6.07, 6.45) is 0. The van der Waals surface area contributed by atoms with Crippen molar-refractivity contribution in [2.45, 2.75) is 13.0 Å². The monoisotopic (exact) mass is 397 g/mol. The molecule has 2 aromatic carbocycles. The normalized spacial score (nSPS) is 11.9. The van der Waals surface area contributed by atoms with Gasteiger partial charge in [-0.1, -0.05) is 50.1 Å². The number of carbonyl (C=O) groups excluding carboxylic acids is 1. The summed E-state index contributed by atoms with van der Waals surface area (Å²) < 4.78 is 1.71. The summed E-state index contributed by atoms with van der Waals surface area (Å²) in [5.41, 5.74) is 1.53. The molecule has 0 radical (unpaired) electrons. The van der Waals surface area contributed by atoms with Crippen molar-refractivity contribution in [2.24, 2.45) is 0 Å². The molecular formula is C15H13Br2NO2. The first kappa shape index (κ1) is 15.1. The van der Waals surface area contributed by atoms with Crippen LogP contribution in [0.15, 0.2) is 51.4 Å². The van der Waals surface area contributed by atoms with Crippen molar-refractivity contribution in [3.63, 3.8) is 0 Å². The number of phenols is 1. The maximum atomic E-state index is 11.5. The molecule has 0 saturated heterocycles. The summed E-state index contributed by atoms with van der Waals surface area (Å²) in [7, 11) is 0. The van der Waals surface area contributed by atoms with Crippen LogP contribution < -0.4 is 5.32 Å². The van der Waals surface area contributed by atoms with E-state index in [-0.39, 0.29) is 11.7 Å². The molecule has 0 aliphatic heterocycles. The molecule has 0 spiro atoms. The summed E-state index contributed by atoms with van der Waals surface area (Å²) in [6.45, 7) is 1.46. The van der Waals surface area contributed by atoms with Crippen LogP contribution in [0.2, 0.25) is 0 Å². The molecule has 2 rings (SSSR count). The molecule has 0 aliphatic carbocycles. The maximum absolute atomic E-state index is 11.5. The first-order valence-corrected chi connectivity index (χ1v) is 7.57. The van der Waals surface area contributed by atoms with Gasteiger partial charge < -0.3 is 10.4 Å². The molecule has 1 amide bonds. The van der Waals surface area contributed by atoms with E-state index in [1.54, 1.807) is 18.2 Å². The Balaban J connectivity index is 2.56. The predicted octanol–water partition coefficient (Wildman–Crippen LogP) is 4.14. The van der Waals surface area contributed by atoms with Crippen LogP contribution in [0.5, 0.6) is 5.75 Å². The number of phenolic OH excluding ortho intramolecular Hbond substituents is 1. The van der Waals surface area contributed by atoms with Crippen molar-refractivity contribution in [1.82, 2.24) is 5.32 Å². The second-order valence-corrected chi connectivity index (χ2v) is 6.13. The van der Waals surface area contributed by atoms with E-state index in [1.165, 1.54) is 6.92 Å². The third-order valence-electron chi connectivity index (χ3n) is 2.86. The predicted molar refractivity (Wildman–Crippen MR) is 85.6 cm³/mol. The Morgan fingerprint density at radius 2 is 1.85 bits per heavy atom. The second kappa shape index (κ2) is 6.41. The highest BCUT2D eigenvalue weighted by molar-refractivity contribution is 9.10. The van der Waals surface area contributed by atoms with Crippen molar-refractivity contribution in [2.75, 3.05) is 0 Å². The smallest absolute Gasteiger partial charge is 0.217 e. The minimum atomic E-state index is -0.416. The van der Waals surface area contributed by atoms with E-state index in [4.69, 9.17) is 0 Å². The number of nitrogens with one attached hydrogen (secondary N) is 1. The van der Waals surface area contributed by atoms with E-state index in [0.717, 1.165) is 14.5 Å². The van der Waals surface area contributed by atoms with E-state index in [9.17, 15) is 9.90 Å². The molecule has 104 valence electrons. The van der Waals surface area contributed by atoms with Crippen LogP contribution in [0.3, 0.4) is 0 Å². The van der Waals surface area contributed by atoms with Crippen LogP contribution >= 0.6 is 31.9 Å². The summed E-state index contributed by atoms with van der Waals surface area (Å²) in [5, 5.41) is 13.0. The molecule has 3 nitrogen and oxygen atoms in total. The molecule has 0 aromatic heterocycles. The van der Waals surface area contributed by atoms with Crippen LogP contribution in [0, 0.1) is 0 Å². The molecule has 1 atom stereocenters. The van der Waals surface area contributed by atoms with E-state index in [1.807, 2.05) is 24.3 Å². The molecular weight excluding hydrogens is 386 g/mol. The van der Waals surface area contributed by atoms with Gasteiger partial charge in [-0.3, -0.25) is 4.79 Å². The average molecular weight is 399 g/mol. The molecule has 2 aromatic rings. The van der Waals surface area contributed by atoms with Gasteiger partial charge in [-0.05, 0) is 29.8 Å². The maximum Gasteiger partial charge on any atom is 0.217 e. The van der Waals surface area contributed by atoms with Gasteiger partial charge in [-0.2, -0.15) is 0 Å². The number of amides is 1. The highest BCUT2D eigenvalue weighted by atomic mass is 79.9. The first-order valence-electron chi connectivity index (χ1n) is 5.99. The van der Waals surface area contributed by atoms with E-state index < -0.39 is 6.04 Å². The van der Waals surface area contributed by atoms with Gasteiger partial charge in [0.15, 0.2) is 0 Å². The number of hydrogen-bond acceptors (Lipinski definition) is 2. The fraction of sp³-hybridized carbons (Fsp3) is 0.133. The average Bonchev–Trinajstić information content (AvgIpc) is 2.40. The first-order chi connectivity index (χ1) is 9.49. The lowest BCUT2D eigenvalue weighted by molar-refractivity contribution is -0.119. The Bertz CT molecular complexity index is 644. The van der Waals surface area contributed by atoms with Crippen molar-refractivity contribution in [3.8, 4) is 5.75 Å². The number of benzene rings is 2. The summed E-state index contributed by atoms with van der Waals surface area (Å²) >= 11 is 6.87. The number of carbonyl (C=O) groups is 1. The fourth-order valence-corrected chi connectivity index (χ4v) is 2.88. The highest BCUT2D eigenvalue weighted by Gasteiger charge is 2.20. The molecule has 5 heteroatoms. The Labute approximate surface area is 134 Å². The molecule has 0 aliphatic rings. The molecule has 0 saturated carbocycles. The molecule has 0 heterocycles. The van der Waals surface area contributed by atoms with Crippen molar-refractivity contribution >= 4 is 37.8 Å². The van der Waals surface area contributed by atoms with Gasteiger partial charge in [0.1, 0.15) is 5.75 Å². The number of hydrogen-bond donors (Lipinski definition) is 2. The summed E-state index contributed by atoms with van der Waals surface area (Å²) in [5.74, 6) is -0.0205. The minimum absolute atomic E-state index is 0.141. The Morgan fingerprint density at radius 1 is 1.15 bits per heavy atom. The highest BCUT2D eigenvalue weighted by Crippen LogP contribution is 2.34. The zero-order chi connectivity index (χ0) is 14.7. The Hall–Kier alpha value is -1.33. The zero-order valence-electron chi connectivity index (χ0n) is 10.7. The third kappa shape index (κ3) is 3.41. The molecule has 2 N–H and O–H groups in total. The van der Waals surface area contributed by atoms with Crippen molar-refractivity contribution in [3.05, 3.63) is 62.5 Å². The van der Waals surface area contributed by atoms with Gasteiger partial charge in [0.2, 0.25) is 5.91 Å². The minimum Gasteiger partial charge on any atom is -0.508 e. The SMILES string of the molecule is CC(=O)NC(c1cc(Br)ccc1O)c1ccccc1Br. The molecule has 0 bridgehead atoms. The van der Waals surface area contributed by atoms with Gasteiger partial charge >= 0.3 is 0 Å². The standard InChI is InChI=1S/C15H13Br2NO2/c1-9(19)18-15(11-4-2-3-5-13(11)17)12-8-10(16)6-7-14(12)20/h2-8,15,20H,1H3,(H,18,19). The van der Waals surface area contributed by atoms with Gasteiger partial charge in [0.25, 0.3) is 0 Å². The quantitative estimate of drug-likeness (QED) is 0.816. The van der Waals surface area contributed by atoms with Crippen molar-refractivity contribution < 1.29 is 9.90 Å². The Morgan fingerprint density at radius 3 is 2.50 bits per heavy atom. The van der Waals surface area contributed by atoms with E-state index in [0.29, 0.717) is 5.56 Å². The lowest BCUT2D eigenvalue weighted by Gasteiger charge is -2.21. The number of rotatable bonds is 3. The molecule has 20 heavy (non-hydrogen) atoms. The lowest BCUT2D eigenvalue weighted by Crippen LogP contribution is -2.27. The van der Waals surface area contributed by atoms with E-state index >= 15 is 0 Å². The topological polar surface area (TPSA) is 49.3 Å². The molecule has 1 unspecified atom stereocenters. The number of halogens is 2. The van der Waals surface area contributed by atoms with Crippen molar-refractivity contribution in [1.29, 1.82) is 0 Å². The van der Waals surface area contributed by atoms with Crippen LogP contribution in [0.4, 0.5) is 0 Å². The van der Waals surface area contributed by atoms with E-state index in [2.05, 4.69) is 37.2 Å². The van der Waals surface area contributed by atoms with Gasteiger partial charge in [-0.15, -0.1) is 0 Å². The lowest BCUT2D eigenvalue weighted by atomic mass is 9.98.